The van der Waals surface area contributed by atoms with Crippen LogP contribution in [-0.2, 0) is 0 Å². The van der Waals surface area contributed by atoms with E-state index in [4.69, 9.17) is 0 Å². The molecule has 0 unspecified atom stereocenters. The topological polar surface area (TPSA) is 67.3 Å². The van der Waals surface area contributed by atoms with Crippen molar-refractivity contribution < 1.29 is 0 Å². The lowest BCUT2D eigenvalue weighted by atomic mass is 10.2. The lowest BCUT2D eigenvalue weighted by Gasteiger charge is -1.98. The second-order valence-corrected chi connectivity index (χ2v) is 3.51. The quantitative estimate of drug-likeness (QED) is 0.665. The minimum absolute atomic E-state index is 0.732. The molecule has 0 aliphatic carbocycles. The molecule has 0 spiro atoms. The summed E-state index contributed by atoms with van der Waals surface area (Å²) in [5.41, 5.74) is 3.47. The van der Waals surface area contributed by atoms with Crippen molar-refractivity contribution in [2.75, 3.05) is 0 Å². The number of rotatable bonds is 1. The van der Waals surface area contributed by atoms with Crippen LogP contribution >= 0.6 is 0 Å². The monoisotopic (exact) mass is 211 g/mol. The van der Waals surface area contributed by atoms with Crippen LogP contribution in [0.25, 0.3) is 22.4 Å². The number of nitrogens with one attached hydrogen (secondary N) is 1. The summed E-state index contributed by atoms with van der Waals surface area (Å²) in [6.45, 7) is 1.91. The molecule has 0 amide bonds. The van der Waals surface area contributed by atoms with Gasteiger partial charge < -0.3 is 4.98 Å². The van der Waals surface area contributed by atoms with Crippen molar-refractivity contribution in [2.45, 2.75) is 6.92 Å². The Morgan fingerprint density at radius 3 is 3.00 bits per heavy atom. The summed E-state index contributed by atoms with van der Waals surface area (Å²) in [6.07, 6.45) is 5.01. The van der Waals surface area contributed by atoms with E-state index >= 15 is 0 Å². The van der Waals surface area contributed by atoms with Gasteiger partial charge in [0.2, 0.25) is 0 Å². The van der Waals surface area contributed by atoms with Crippen LogP contribution < -0.4 is 0 Å². The van der Waals surface area contributed by atoms with Crippen molar-refractivity contribution in [3.8, 4) is 11.3 Å². The Hall–Kier alpha value is -2.30. The highest BCUT2D eigenvalue weighted by molar-refractivity contribution is 5.76. The van der Waals surface area contributed by atoms with Crippen LogP contribution in [0.3, 0.4) is 0 Å². The van der Waals surface area contributed by atoms with Crippen molar-refractivity contribution >= 4 is 11.2 Å². The van der Waals surface area contributed by atoms with Crippen LogP contribution in [0.4, 0.5) is 0 Å². The number of aryl methyl sites for hydroxylation is 1. The van der Waals surface area contributed by atoms with Crippen LogP contribution in [0.15, 0.2) is 30.9 Å². The molecule has 3 heterocycles. The Morgan fingerprint density at radius 1 is 1.25 bits per heavy atom. The van der Waals surface area contributed by atoms with Gasteiger partial charge in [-0.25, -0.2) is 19.9 Å². The SMILES string of the molecule is Cc1nc2ncc(-c3ccncn3)cc2[nH]1. The first-order chi connectivity index (χ1) is 7.83. The van der Waals surface area contributed by atoms with E-state index in [1.165, 1.54) is 6.33 Å². The van der Waals surface area contributed by atoms with E-state index in [0.717, 1.165) is 28.2 Å². The van der Waals surface area contributed by atoms with Crippen LogP contribution in [0, 0.1) is 6.92 Å². The van der Waals surface area contributed by atoms with Gasteiger partial charge in [-0.05, 0) is 19.1 Å². The maximum atomic E-state index is 4.28. The number of fused-ring (bicyclic) bond motifs is 1. The Morgan fingerprint density at radius 2 is 2.19 bits per heavy atom. The first-order valence-electron chi connectivity index (χ1n) is 4.92. The minimum atomic E-state index is 0.732. The highest BCUT2D eigenvalue weighted by Gasteiger charge is 2.04. The molecule has 0 aliphatic heterocycles. The molecule has 0 fully saturated rings. The number of imidazole rings is 1. The number of aromatic amines is 1. The maximum Gasteiger partial charge on any atom is 0.177 e. The average molecular weight is 211 g/mol. The summed E-state index contributed by atoms with van der Waals surface area (Å²) in [6, 6.07) is 3.84. The predicted molar refractivity (Wildman–Crippen MR) is 59.7 cm³/mol. The summed E-state index contributed by atoms with van der Waals surface area (Å²) in [7, 11) is 0. The van der Waals surface area contributed by atoms with Crippen molar-refractivity contribution in [1.82, 2.24) is 24.9 Å². The summed E-state index contributed by atoms with van der Waals surface area (Å²) in [5.74, 6) is 0.863. The smallest absolute Gasteiger partial charge is 0.177 e. The van der Waals surface area contributed by atoms with Gasteiger partial charge >= 0.3 is 0 Å². The molecule has 0 bridgehead atoms. The maximum absolute atomic E-state index is 4.28. The molecule has 0 aliphatic rings. The lowest BCUT2D eigenvalue weighted by Crippen LogP contribution is -1.85. The fraction of sp³-hybridized carbons (Fsp3) is 0.0909. The third kappa shape index (κ3) is 1.42. The standard InChI is InChI=1S/C11H9N5/c1-7-15-10-4-8(5-13-11(10)16-7)9-2-3-12-6-14-9/h2-6H,1H3,(H,13,15,16). The Labute approximate surface area is 91.6 Å². The highest BCUT2D eigenvalue weighted by Crippen LogP contribution is 2.18. The van der Waals surface area contributed by atoms with E-state index in [1.54, 1.807) is 12.4 Å². The van der Waals surface area contributed by atoms with E-state index in [9.17, 15) is 0 Å². The molecule has 16 heavy (non-hydrogen) atoms. The first kappa shape index (κ1) is 8.96. The summed E-state index contributed by atoms with van der Waals surface area (Å²) in [5, 5.41) is 0. The van der Waals surface area contributed by atoms with Gasteiger partial charge in [0.25, 0.3) is 0 Å². The van der Waals surface area contributed by atoms with Crippen LogP contribution in [0.2, 0.25) is 0 Å². The van der Waals surface area contributed by atoms with E-state index in [0.29, 0.717) is 0 Å². The molecule has 5 heteroatoms. The fourth-order valence-electron chi connectivity index (χ4n) is 1.62. The zero-order valence-corrected chi connectivity index (χ0v) is 8.68. The summed E-state index contributed by atoms with van der Waals surface area (Å²) in [4.78, 5) is 19.7. The Balaban J connectivity index is 2.18. The number of hydrogen-bond donors (Lipinski definition) is 1. The normalized spacial score (nSPS) is 10.8. The van der Waals surface area contributed by atoms with Crippen LogP contribution in [0.5, 0.6) is 0 Å². The van der Waals surface area contributed by atoms with Gasteiger partial charge in [0, 0.05) is 18.0 Å². The second kappa shape index (κ2) is 3.37. The molecular weight excluding hydrogens is 202 g/mol. The van der Waals surface area contributed by atoms with Crippen molar-refractivity contribution in [1.29, 1.82) is 0 Å². The van der Waals surface area contributed by atoms with Crippen molar-refractivity contribution in [3.05, 3.63) is 36.7 Å². The van der Waals surface area contributed by atoms with E-state index in [1.807, 2.05) is 19.1 Å². The summed E-state index contributed by atoms with van der Waals surface area (Å²) >= 11 is 0. The molecule has 3 aromatic rings. The zero-order valence-electron chi connectivity index (χ0n) is 8.68. The van der Waals surface area contributed by atoms with Gasteiger partial charge in [-0.15, -0.1) is 0 Å². The molecule has 0 aromatic carbocycles. The van der Waals surface area contributed by atoms with Gasteiger partial charge in [-0.2, -0.15) is 0 Å². The van der Waals surface area contributed by atoms with E-state index < -0.39 is 0 Å². The second-order valence-electron chi connectivity index (χ2n) is 3.51. The molecule has 3 rings (SSSR count). The third-order valence-corrected chi connectivity index (χ3v) is 2.33. The van der Waals surface area contributed by atoms with Gasteiger partial charge in [-0.1, -0.05) is 0 Å². The van der Waals surface area contributed by atoms with Gasteiger partial charge in [0.05, 0.1) is 11.2 Å². The van der Waals surface area contributed by atoms with Crippen LogP contribution in [-0.4, -0.2) is 24.9 Å². The van der Waals surface area contributed by atoms with E-state index in [-0.39, 0.29) is 0 Å². The number of hydrogen-bond acceptors (Lipinski definition) is 4. The molecule has 0 radical (unpaired) electrons. The fourth-order valence-corrected chi connectivity index (χ4v) is 1.62. The Bertz CT molecular complexity index is 629. The highest BCUT2D eigenvalue weighted by atomic mass is 15.0. The largest absolute Gasteiger partial charge is 0.341 e. The minimum Gasteiger partial charge on any atom is -0.341 e. The third-order valence-electron chi connectivity index (χ3n) is 2.33. The van der Waals surface area contributed by atoms with E-state index in [2.05, 4.69) is 24.9 Å². The number of aromatic nitrogens is 5. The number of H-pyrrole nitrogens is 1. The van der Waals surface area contributed by atoms with Gasteiger partial charge in [0.15, 0.2) is 5.65 Å². The molecule has 1 N–H and O–H groups in total. The van der Waals surface area contributed by atoms with Crippen molar-refractivity contribution in [2.24, 2.45) is 0 Å². The predicted octanol–water partition coefficient (Wildman–Crippen LogP) is 1.72. The number of pyridine rings is 1. The molecule has 78 valence electrons. The average Bonchev–Trinajstić information content (AvgIpc) is 2.69. The van der Waals surface area contributed by atoms with Crippen LogP contribution in [0.1, 0.15) is 5.82 Å². The lowest BCUT2D eigenvalue weighted by molar-refractivity contribution is 1.16. The number of nitrogens with zero attached hydrogens (tertiary/aromatic N) is 4. The summed E-state index contributed by atoms with van der Waals surface area (Å²) < 4.78 is 0. The molecular formula is C11H9N5. The Kier molecular flexibility index (Phi) is 1.89. The zero-order chi connectivity index (χ0) is 11.0. The molecule has 3 aromatic heterocycles. The molecule has 0 saturated carbocycles. The first-order valence-corrected chi connectivity index (χ1v) is 4.92. The molecule has 0 atom stereocenters. The molecule has 0 saturated heterocycles. The van der Waals surface area contributed by atoms with Gasteiger partial charge in [-0.3, -0.25) is 0 Å². The molecule has 5 nitrogen and oxygen atoms in total. The van der Waals surface area contributed by atoms with Crippen molar-refractivity contribution in [3.63, 3.8) is 0 Å². The van der Waals surface area contributed by atoms with Gasteiger partial charge in [0.1, 0.15) is 12.2 Å².